The first-order valence-electron chi connectivity index (χ1n) is 5.96. The van der Waals surface area contributed by atoms with Gasteiger partial charge in [-0.25, -0.2) is 0 Å². The Balaban J connectivity index is 2.36. The monoisotopic (exact) mass is 223 g/mol. The third-order valence-electron chi connectivity index (χ3n) is 3.76. The second-order valence-corrected chi connectivity index (χ2v) is 5.21. The van der Waals surface area contributed by atoms with E-state index in [2.05, 4.69) is 34.3 Å². The molecule has 2 aliphatic rings. The van der Waals surface area contributed by atoms with Crippen LogP contribution in [0.3, 0.4) is 0 Å². The van der Waals surface area contributed by atoms with Crippen LogP contribution in [0.5, 0.6) is 0 Å². The third kappa shape index (κ3) is 1.57. The summed E-state index contributed by atoms with van der Waals surface area (Å²) in [4.78, 5) is 0. The maximum absolute atomic E-state index is 2.36. The molecule has 0 spiro atoms. The molecule has 0 aliphatic heterocycles. The van der Waals surface area contributed by atoms with Gasteiger partial charge >= 0.3 is 99.3 Å². The third-order valence-corrected chi connectivity index (χ3v) is 4.74. The first kappa shape index (κ1) is 10.7. The molecule has 0 bridgehead atoms. The van der Waals surface area contributed by atoms with E-state index in [1.54, 1.807) is 15.0 Å². The Morgan fingerprint density at radius 2 is 1.93 bits per heavy atom. The maximum atomic E-state index is 2.36. The molecule has 2 aliphatic carbocycles. The van der Waals surface area contributed by atoms with E-state index in [1.165, 1.54) is 38.5 Å². The molecule has 2 rings (SSSR count). The second-order valence-electron chi connectivity index (χ2n) is 4.43. The predicted octanol–water partition coefficient (Wildman–Crippen LogP) is 4.11. The average molecular weight is 223 g/mol. The van der Waals surface area contributed by atoms with Crippen molar-refractivity contribution in [3.63, 3.8) is 0 Å². The zero-order valence-corrected chi connectivity index (χ0v) is 10.9. The van der Waals surface area contributed by atoms with E-state index in [1.807, 2.05) is 5.57 Å². The van der Waals surface area contributed by atoms with Gasteiger partial charge in [0.25, 0.3) is 0 Å². The predicted molar refractivity (Wildman–Crippen MR) is 56.6 cm³/mol. The fraction of sp³-hybridized carbons (Fsp3) is 0.692. The van der Waals surface area contributed by atoms with Gasteiger partial charge in [-0.05, 0) is 0 Å². The summed E-state index contributed by atoms with van der Waals surface area (Å²) >= 11 is 2.36. The molecule has 0 saturated carbocycles. The molecule has 0 aromatic carbocycles. The minimum atomic E-state index is 0.829. The molecule has 0 heterocycles. The summed E-state index contributed by atoms with van der Waals surface area (Å²) in [6, 6.07) is 0. The standard InChI is InChI=1S/C13H19.Ti/c1-3-10-9-11-7-5-6-8-13(11)12(10)4-2;/h12H,3-8H2,1-2H3;. The summed E-state index contributed by atoms with van der Waals surface area (Å²) in [5.74, 6) is 0.829. The molecular formula is C13H19Ti. The summed E-state index contributed by atoms with van der Waals surface area (Å²) in [7, 11) is 0. The van der Waals surface area contributed by atoms with Crippen molar-refractivity contribution >= 4 is 0 Å². The van der Waals surface area contributed by atoms with Crippen molar-refractivity contribution in [1.82, 2.24) is 0 Å². The minimum absolute atomic E-state index is 0.829. The molecule has 0 amide bonds. The first-order valence-corrected chi connectivity index (χ1v) is 6.74. The van der Waals surface area contributed by atoms with E-state index >= 15 is 0 Å². The normalized spacial score (nSPS) is 27.1. The van der Waals surface area contributed by atoms with Gasteiger partial charge in [0, 0.05) is 0 Å². The number of rotatable bonds is 2. The van der Waals surface area contributed by atoms with Gasteiger partial charge in [-0.3, -0.25) is 0 Å². The Morgan fingerprint density at radius 3 is 2.57 bits per heavy atom. The van der Waals surface area contributed by atoms with Crippen LogP contribution in [0, 0.1) is 5.92 Å². The second kappa shape index (κ2) is 4.37. The Bertz CT molecular complexity index is 296. The summed E-state index contributed by atoms with van der Waals surface area (Å²) in [5.41, 5.74) is 5.31. The van der Waals surface area contributed by atoms with Gasteiger partial charge in [0.15, 0.2) is 0 Å². The summed E-state index contributed by atoms with van der Waals surface area (Å²) in [6.07, 6.45) is 8.18. The zero-order chi connectivity index (χ0) is 10.1. The fourth-order valence-corrected chi connectivity index (χ4v) is 4.09. The van der Waals surface area contributed by atoms with Crippen LogP contribution in [0.4, 0.5) is 0 Å². The SMILES string of the molecule is CCC1=[C]([Ti])C2=C(CCCC2)C1CC. The molecule has 0 radical (unpaired) electrons. The quantitative estimate of drug-likeness (QED) is 0.618. The van der Waals surface area contributed by atoms with Gasteiger partial charge in [0.05, 0.1) is 0 Å². The van der Waals surface area contributed by atoms with Crippen molar-refractivity contribution in [1.29, 1.82) is 0 Å². The topological polar surface area (TPSA) is 0 Å². The molecule has 0 aromatic rings. The molecule has 0 saturated heterocycles. The van der Waals surface area contributed by atoms with Crippen LogP contribution in [0.1, 0.15) is 52.4 Å². The average Bonchev–Trinajstić information content (AvgIpc) is 2.51. The van der Waals surface area contributed by atoms with Crippen LogP contribution in [-0.4, -0.2) is 0 Å². The Kier molecular flexibility index (Phi) is 3.34. The Morgan fingerprint density at radius 1 is 1.21 bits per heavy atom. The van der Waals surface area contributed by atoms with E-state index in [-0.39, 0.29) is 0 Å². The van der Waals surface area contributed by atoms with Crippen LogP contribution in [0.25, 0.3) is 0 Å². The fourth-order valence-electron chi connectivity index (χ4n) is 3.09. The van der Waals surface area contributed by atoms with E-state index in [4.69, 9.17) is 0 Å². The van der Waals surface area contributed by atoms with Gasteiger partial charge < -0.3 is 0 Å². The van der Waals surface area contributed by atoms with Crippen LogP contribution in [0.15, 0.2) is 20.6 Å². The van der Waals surface area contributed by atoms with Gasteiger partial charge in [-0.2, -0.15) is 0 Å². The van der Waals surface area contributed by atoms with E-state index in [0.29, 0.717) is 0 Å². The summed E-state index contributed by atoms with van der Waals surface area (Å²) in [6.45, 7) is 4.66. The summed E-state index contributed by atoms with van der Waals surface area (Å²) in [5, 5.41) is 0. The molecule has 0 fully saturated rings. The van der Waals surface area contributed by atoms with Crippen LogP contribution < -0.4 is 0 Å². The Labute approximate surface area is 99.3 Å². The van der Waals surface area contributed by atoms with Crippen molar-refractivity contribution in [2.75, 3.05) is 0 Å². The van der Waals surface area contributed by atoms with Crippen molar-refractivity contribution in [2.24, 2.45) is 5.92 Å². The van der Waals surface area contributed by atoms with Gasteiger partial charge in [0.2, 0.25) is 0 Å². The van der Waals surface area contributed by atoms with Gasteiger partial charge in [-0.1, -0.05) is 0 Å². The number of hydrogen-bond donors (Lipinski definition) is 0. The summed E-state index contributed by atoms with van der Waals surface area (Å²) < 4.78 is 1.66. The van der Waals surface area contributed by atoms with Gasteiger partial charge in [-0.15, -0.1) is 0 Å². The zero-order valence-electron chi connectivity index (χ0n) is 9.32. The van der Waals surface area contributed by atoms with Crippen molar-refractivity contribution in [2.45, 2.75) is 52.4 Å². The molecule has 0 nitrogen and oxygen atoms in total. The Hall–Kier alpha value is 0.194. The molecule has 1 heteroatoms. The molecule has 1 atom stereocenters. The van der Waals surface area contributed by atoms with E-state index < -0.39 is 0 Å². The number of hydrogen-bond acceptors (Lipinski definition) is 0. The van der Waals surface area contributed by atoms with Crippen LogP contribution in [-0.2, 0) is 20.4 Å². The van der Waals surface area contributed by atoms with Crippen LogP contribution >= 0.6 is 0 Å². The van der Waals surface area contributed by atoms with Gasteiger partial charge in [0.1, 0.15) is 0 Å². The molecule has 14 heavy (non-hydrogen) atoms. The van der Waals surface area contributed by atoms with E-state index in [0.717, 1.165) is 5.92 Å². The molecule has 0 N–H and O–H groups in total. The van der Waals surface area contributed by atoms with E-state index in [9.17, 15) is 0 Å². The van der Waals surface area contributed by atoms with Crippen LogP contribution in [0.2, 0.25) is 0 Å². The molecule has 75 valence electrons. The van der Waals surface area contributed by atoms with Crippen molar-refractivity contribution in [3.8, 4) is 0 Å². The van der Waals surface area contributed by atoms with Crippen molar-refractivity contribution < 1.29 is 20.4 Å². The molecular weight excluding hydrogens is 204 g/mol. The number of allylic oxidation sites excluding steroid dienone is 4. The van der Waals surface area contributed by atoms with Crippen molar-refractivity contribution in [3.05, 3.63) is 20.6 Å². The molecule has 1 unspecified atom stereocenters. The first-order chi connectivity index (χ1) is 6.79. The molecule has 0 aromatic heterocycles.